The molecule has 1 unspecified atom stereocenters. The van der Waals surface area contributed by atoms with Crippen LogP contribution in [0.2, 0.25) is 0 Å². The second-order valence-corrected chi connectivity index (χ2v) is 7.03. The van der Waals surface area contributed by atoms with Crippen molar-refractivity contribution in [3.63, 3.8) is 0 Å². The predicted octanol–water partition coefficient (Wildman–Crippen LogP) is 3.95. The van der Waals surface area contributed by atoms with E-state index in [-0.39, 0.29) is 0 Å². The molecule has 0 radical (unpaired) electrons. The summed E-state index contributed by atoms with van der Waals surface area (Å²) >= 11 is 3.69. The van der Waals surface area contributed by atoms with Crippen LogP contribution in [-0.2, 0) is 11.3 Å². The van der Waals surface area contributed by atoms with Crippen LogP contribution in [0, 0.1) is 0 Å². The van der Waals surface area contributed by atoms with E-state index in [1.165, 1.54) is 35.0 Å². The molecule has 4 heteroatoms. The van der Waals surface area contributed by atoms with Gasteiger partial charge in [0, 0.05) is 42.9 Å². The Balaban J connectivity index is 1.94. The zero-order valence-corrected chi connectivity index (χ0v) is 14.9. The fraction of sp³-hybridized carbons (Fsp3) is 0.647. The molecule has 0 spiro atoms. The molecule has 1 aromatic rings. The first kappa shape index (κ1) is 16.8. The zero-order valence-electron chi connectivity index (χ0n) is 13.4. The van der Waals surface area contributed by atoms with E-state index in [1.807, 2.05) is 0 Å². The van der Waals surface area contributed by atoms with Gasteiger partial charge in [0.25, 0.3) is 0 Å². The Labute approximate surface area is 137 Å². The molecule has 0 amide bonds. The van der Waals surface area contributed by atoms with Gasteiger partial charge in [0.05, 0.1) is 6.10 Å². The van der Waals surface area contributed by atoms with E-state index in [4.69, 9.17) is 4.74 Å². The lowest BCUT2D eigenvalue weighted by molar-refractivity contribution is 0.0216. The summed E-state index contributed by atoms with van der Waals surface area (Å²) in [6.07, 6.45) is 4.07. The Morgan fingerprint density at radius 2 is 2.19 bits per heavy atom. The van der Waals surface area contributed by atoms with Crippen molar-refractivity contribution in [2.24, 2.45) is 0 Å². The lowest BCUT2D eigenvalue weighted by Crippen LogP contribution is -2.33. The number of nitrogens with one attached hydrogen (secondary N) is 1. The lowest BCUT2D eigenvalue weighted by Gasteiger charge is -2.29. The van der Waals surface area contributed by atoms with Gasteiger partial charge in [0.2, 0.25) is 0 Å². The monoisotopic (exact) mass is 354 g/mol. The summed E-state index contributed by atoms with van der Waals surface area (Å²) in [5, 5.41) is 3.45. The summed E-state index contributed by atoms with van der Waals surface area (Å²) in [7, 11) is 2.14. The number of ether oxygens (including phenoxy) is 1. The molecule has 3 nitrogen and oxygen atoms in total. The van der Waals surface area contributed by atoms with Crippen molar-refractivity contribution in [2.45, 2.75) is 51.8 Å². The SMILES string of the molecule is CC(C)NCc1ccc(N(C)CC2CCCCO2)cc1Br. The topological polar surface area (TPSA) is 24.5 Å². The highest BCUT2D eigenvalue weighted by Gasteiger charge is 2.16. The number of benzene rings is 1. The molecule has 2 rings (SSSR count). The molecule has 1 aliphatic rings. The molecule has 1 saturated heterocycles. The number of hydrogen-bond donors (Lipinski definition) is 1. The largest absolute Gasteiger partial charge is 0.376 e. The molecule has 21 heavy (non-hydrogen) atoms. The molecular formula is C17H27BrN2O. The van der Waals surface area contributed by atoms with Crippen molar-refractivity contribution in [1.29, 1.82) is 0 Å². The van der Waals surface area contributed by atoms with Crippen molar-refractivity contribution in [3.05, 3.63) is 28.2 Å². The quantitative estimate of drug-likeness (QED) is 0.836. The van der Waals surface area contributed by atoms with Gasteiger partial charge in [-0.05, 0) is 37.0 Å². The maximum atomic E-state index is 5.83. The van der Waals surface area contributed by atoms with E-state index in [2.05, 4.69) is 65.2 Å². The number of hydrogen-bond acceptors (Lipinski definition) is 3. The summed E-state index contributed by atoms with van der Waals surface area (Å²) < 4.78 is 7.00. The molecule has 0 aromatic heterocycles. The van der Waals surface area contributed by atoms with Gasteiger partial charge in [-0.3, -0.25) is 0 Å². The average molecular weight is 355 g/mol. The van der Waals surface area contributed by atoms with E-state index < -0.39 is 0 Å². The summed E-state index contributed by atoms with van der Waals surface area (Å²) in [5.74, 6) is 0. The number of halogens is 1. The summed E-state index contributed by atoms with van der Waals surface area (Å²) in [6, 6.07) is 7.11. The summed E-state index contributed by atoms with van der Waals surface area (Å²) in [5.41, 5.74) is 2.54. The predicted molar refractivity (Wildman–Crippen MR) is 93.0 cm³/mol. The Hall–Kier alpha value is -0.580. The molecule has 0 aliphatic carbocycles. The number of anilines is 1. The fourth-order valence-corrected chi connectivity index (χ4v) is 3.10. The van der Waals surface area contributed by atoms with Gasteiger partial charge in [-0.1, -0.05) is 35.8 Å². The Kier molecular flexibility index (Phi) is 6.52. The lowest BCUT2D eigenvalue weighted by atomic mass is 10.1. The van der Waals surface area contributed by atoms with Crippen LogP contribution >= 0.6 is 15.9 Å². The number of rotatable bonds is 6. The van der Waals surface area contributed by atoms with E-state index in [9.17, 15) is 0 Å². The highest BCUT2D eigenvalue weighted by molar-refractivity contribution is 9.10. The molecule has 1 fully saturated rings. The van der Waals surface area contributed by atoms with Crippen molar-refractivity contribution in [1.82, 2.24) is 5.32 Å². The van der Waals surface area contributed by atoms with Crippen LogP contribution in [-0.4, -0.2) is 32.3 Å². The van der Waals surface area contributed by atoms with Gasteiger partial charge in [-0.15, -0.1) is 0 Å². The van der Waals surface area contributed by atoms with E-state index >= 15 is 0 Å². The molecule has 0 bridgehead atoms. The first-order chi connectivity index (χ1) is 10.1. The smallest absolute Gasteiger partial charge is 0.0749 e. The summed E-state index contributed by atoms with van der Waals surface area (Å²) in [4.78, 5) is 2.29. The maximum absolute atomic E-state index is 5.83. The first-order valence-electron chi connectivity index (χ1n) is 7.91. The van der Waals surface area contributed by atoms with Crippen molar-refractivity contribution in [3.8, 4) is 0 Å². The maximum Gasteiger partial charge on any atom is 0.0749 e. The van der Waals surface area contributed by atoms with Crippen LogP contribution in [0.4, 0.5) is 5.69 Å². The van der Waals surface area contributed by atoms with Crippen molar-refractivity contribution in [2.75, 3.05) is 25.1 Å². The second kappa shape index (κ2) is 8.16. The fourth-order valence-electron chi connectivity index (χ4n) is 2.59. The van der Waals surface area contributed by atoms with Crippen LogP contribution in [0.1, 0.15) is 38.7 Å². The van der Waals surface area contributed by atoms with Crippen LogP contribution in [0.15, 0.2) is 22.7 Å². The Bertz CT molecular complexity index is 444. The van der Waals surface area contributed by atoms with E-state index in [1.54, 1.807) is 0 Å². The van der Waals surface area contributed by atoms with Crippen LogP contribution in [0.5, 0.6) is 0 Å². The van der Waals surface area contributed by atoms with Gasteiger partial charge >= 0.3 is 0 Å². The van der Waals surface area contributed by atoms with Gasteiger partial charge in [-0.25, -0.2) is 0 Å². The Morgan fingerprint density at radius 1 is 1.38 bits per heavy atom. The van der Waals surface area contributed by atoms with E-state index in [0.717, 1.165) is 19.7 Å². The third-order valence-corrected chi connectivity index (χ3v) is 4.67. The van der Waals surface area contributed by atoms with Crippen LogP contribution in [0.3, 0.4) is 0 Å². The molecule has 1 aliphatic heterocycles. The highest BCUT2D eigenvalue weighted by Crippen LogP contribution is 2.25. The molecule has 1 aromatic carbocycles. The number of nitrogens with zero attached hydrogens (tertiary/aromatic N) is 1. The molecule has 0 saturated carbocycles. The van der Waals surface area contributed by atoms with Gasteiger partial charge < -0.3 is 15.0 Å². The minimum absolute atomic E-state index is 0.379. The average Bonchev–Trinajstić information content (AvgIpc) is 2.46. The van der Waals surface area contributed by atoms with Gasteiger partial charge in [-0.2, -0.15) is 0 Å². The number of likely N-dealkylation sites (N-methyl/N-ethyl adjacent to an activating group) is 1. The van der Waals surface area contributed by atoms with Gasteiger partial charge in [0.15, 0.2) is 0 Å². The molecule has 1 N–H and O–H groups in total. The third-order valence-electron chi connectivity index (χ3n) is 3.93. The standard InChI is InChI=1S/C17H27BrN2O/c1-13(2)19-11-14-7-8-15(10-17(14)18)20(3)12-16-6-4-5-9-21-16/h7-8,10,13,16,19H,4-6,9,11-12H2,1-3H3. The van der Waals surface area contributed by atoms with Crippen molar-refractivity contribution < 1.29 is 4.74 Å². The first-order valence-corrected chi connectivity index (χ1v) is 8.70. The normalized spacial score (nSPS) is 19.0. The van der Waals surface area contributed by atoms with E-state index in [0.29, 0.717) is 12.1 Å². The molecule has 1 atom stereocenters. The molecule has 118 valence electrons. The van der Waals surface area contributed by atoms with Crippen LogP contribution in [0.25, 0.3) is 0 Å². The van der Waals surface area contributed by atoms with Gasteiger partial charge in [0.1, 0.15) is 0 Å². The molecular weight excluding hydrogens is 328 g/mol. The minimum Gasteiger partial charge on any atom is -0.376 e. The summed E-state index contributed by atoms with van der Waals surface area (Å²) in [6.45, 7) is 7.12. The zero-order chi connectivity index (χ0) is 15.2. The Morgan fingerprint density at radius 3 is 2.81 bits per heavy atom. The second-order valence-electron chi connectivity index (χ2n) is 6.18. The van der Waals surface area contributed by atoms with Crippen LogP contribution < -0.4 is 10.2 Å². The molecule has 1 heterocycles. The minimum atomic E-state index is 0.379. The highest BCUT2D eigenvalue weighted by atomic mass is 79.9. The van der Waals surface area contributed by atoms with Crippen molar-refractivity contribution >= 4 is 21.6 Å². The third kappa shape index (κ3) is 5.28.